The summed E-state index contributed by atoms with van der Waals surface area (Å²) in [6.07, 6.45) is -5.87. The number of alkyl halides is 6. The summed E-state index contributed by atoms with van der Waals surface area (Å²) in [6, 6.07) is 6.50. The summed E-state index contributed by atoms with van der Waals surface area (Å²) < 4.78 is 111. The van der Waals surface area contributed by atoms with Crippen LogP contribution in [0, 0.1) is 0 Å². The molecule has 0 amide bonds. The van der Waals surface area contributed by atoms with Crippen LogP contribution >= 0.6 is 0 Å². The van der Waals surface area contributed by atoms with E-state index >= 15 is 0 Å². The van der Waals surface area contributed by atoms with Gasteiger partial charge in [0, 0.05) is 0 Å². The fourth-order valence-electron chi connectivity index (χ4n) is 1.17. The predicted molar refractivity (Wildman–Crippen MR) is 55.8 cm³/mol. The maximum atomic E-state index is 13.1. The van der Waals surface area contributed by atoms with Crippen LogP contribution in [0.25, 0.3) is 0 Å². The molecule has 0 unspecified atom stereocenters. The lowest BCUT2D eigenvalue weighted by Crippen LogP contribution is -2.58. The highest BCUT2D eigenvalue weighted by molar-refractivity contribution is 7.86. The zero-order chi connectivity index (χ0) is 16.5. The van der Waals surface area contributed by atoms with Gasteiger partial charge >= 0.3 is 17.3 Å². The Morgan fingerprint density at radius 2 is 1.48 bits per heavy atom. The van der Waals surface area contributed by atoms with Crippen molar-refractivity contribution in [2.24, 2.45) is 0 Å². The van der Waals surface area contributed by atoms with Gasteiger partial charge in [0.25, 0.3) is 0 Å². The summed E-state index contributed by atoms with van der Waals surface area (Å²) in [5.41, 5.74) is -0.0544. The highest BCUT2D eigenvalue weighted by Gasteiger charge is 2.76. The normalized spacial score (nSPS) is 14.2. The lowest BCUT2D eigenvalue weighted by Gasteiger charge is -2.33. The third-order valence-corrected chi connectivity index (χ3v) is 3.19. The van der Waals surface area contributed by atoms with E-state index < -0.39 is 34.0 Å². The van der Waals surface area contributed by atoms with E-state index in [1.807, 2.05) is 0 Å². The number of hydrogen-bond acceptors (Lipinski definition) is 4. The lowest BCUT2D eigenvalue weighted by molar-refractivity contribution is -0.386. The van der Waals surface area contributed by atoms with Crippen molar-refractivity contribution in [2.45, 2.75) is 23.9 Å². The van der Waals surface area contributed by atoms with Crippen LogP contribution in [0.4, 0.5) is 26.3 Å². The van der Waals surface area contributed by atoms with Gasteiger partial charge in [-0.15, -0.1) is 0 Å². The molecule has 0 bridgehead atoms. The summed E-state index contributed by atoms with van der Waals surface area (Å²) in [6.45, 7) is -1.20. The van der Waals surface area contributed by atoms with Crippen molar-refractivity contribution in [3.05, 3.63) is 35.9 Å². The van der Waals surface area contributed by atoms with Crippen LogP contribution in [-0.4, -0.2) is 30.3 Å². The molecule has 1 rings (SSSR count). The average molecular weight is 337 g/mol. The fourth-order valence-corrected chi connectivity index (χ4v) is 1.60. The van der Waals surface area contributed by atoms with E-state index in [0.29, 0.717) is 0 Å². The Morgan fingerprint density at radius 3 is 1.90 bits per heavy atom. The first kappa shape index (κ1) is 17.7. The minimum atomic E-state index is -7.02. The Hall–Kier alpha value is -1.33. The number of ether oxygens (including phenoxy) is 1. The van der Waals surface area contributed by atoms with Gasteiger partial charge in [0.1, 0.15) is 0 Å². The van der Waals surface area contributed by atoms with E-state index in [0.717, 1.165) is 0 Å². The summed E-state index contributed by atoms with van der Waals surface area (Å²) in [7, 11) is -7.02. The van der Waals surface area contributed by atoms with Gasteiger partial charge in [-0.25, -0.2) is 8.42 Å². The van der Waals surface area contributed by atoms with Crippen molar-refractivity contribution in [1.82, 2.24) is 0 Å². The first-order chi connectivity index (χ1) is 9.33. The summed E-state index contributed by atoms with van der Waals surface area (Å²) in [5, 5.41) is -6.53. The van der Waals surface area contributed by atoms with Crippen molar-refractivity contribution >= 4 is 10.1 Å². The van der Waals surface area contributed by atoms with Crippen molar-refractivity contribution in [1.29, 1.82) is 0 Å². The van der Waals surface area contributed by atoms with Gasteiger partial charge in [0.2, 0.25) is 0 Å². The lowest BCUT2D eigenvalue weighted by atomic mass is 10.2. The molecule has 1 aromatic carbocycles. The largest absolute Gasteiger partial charge is 0.743 e. The summed E-state index contributed by atoms with van der Waals surface area (Å²) in [4.78, 5) is 0. The Labute approximate surface area is 115 Å². The van der Waals surface area contributed by atoms with Crippen molar-refractivity contribution < 1.29 is 44.0 Å². The molecule has 0 saturated carbocycles. The second-order valence-electron chi connectivity index (χ2n) is 3.84. The SMILES string of the molecule is O=S(=O)([O-])C(F)(F)C(F)(F)C(F)(F)OCc1ccccc1. The van der Waals surface area contributed by atoms with Crippen molar-refractivity contribution in [3.63, 3.8) is 0 Å². The van der Waals surface area contributed by atoms with Gasteiger partial charge in [-0.05, 0) is 5.56 Å². The van der Waals surface area contributed by atoms with E-state index in [1.165, 1.54) is 30.3 Å². The Kier molecular flexibility index (Phi) is 4.61. The minimum Gasteiger partial charge on any atom is -0.743 e. The monoisotopic (exact) mass is 337 g/mol. The van der Waals surface area contributed by atoms with E-state index in [2.05, 4.69) is 4.74 Å². The Balaban J connectivity index is 3.00. The topological polar surface area (TPSA) is 66.4 Å². The third kappa shape index (κ3) is 3.30. The van der Waals surface area contributed by atoms with Gasteiger partial charge in [-0.2, -0.15) is 26.3 Å². The van der Waals surface area contributed by atoms with Gasteiger partial charge < -0.3 is 9.29 Å². The Morgan fingerprint density at radius 1 is 1.00 bits per heavy atom. The van der Waals surface area contributed by atoms with Gasteiger partial charge in [0.15, 0.2) is 10.1 Å². The molecule has 0 spiro atoms. The molecule has 120 valence electrons. The molecule has 21 heavy (non-hydrogen) atoms. The van der Waals surface area contributed by atoms with E-state index in [-0.39, 0.29) is 5.56 Å². The molecule has 0 fully saturated rings. The summed E-state index contributed by atoms with van der Waals surface area (Å²) >= 11 is 0. The third-order valence-electron chi connectivity index (χ3n) is 2.31. The van der Waals surface area contributed by atoms with Gasteiger partial charge in [-0.1, -0.05) is 30.3 Å². The molecule has 0 aliphatic carbocycles. The van der Waals surface area contributed by atoms with Crippen LogP contribution in [0.5, 0.6) is 0 Å². The summed E-state index contributed by atoms with van der Waals surface area (Å²) in [5.74, 6) is -6.53. The van der Waals surface area contributed by atoms with Gasteiger partial charge in [0.05, 0.1) is 6.61 Å². The second kappa shape index (κ2) is 5.46. The molecule has 0 aromatic heterocycles. The van der Waals surface area contributed by atoms with Gasteiger partial charge in [-0.3, -0.25) is 0 Å². The van der Waals surface area contributed by atoms with Crippen LogP contribution in [0.1, 0.15) is 5.56 Å². The van der Waals surface area contributed by atoms with E-state index in [1.54, 1.807) is 0 Å². The van der Waals surface area contributed by atoms with Crippen LogP contribution in [-0.2, 0) is 21.5 Å². The molecular weight excluding hydrogens is 330 g/mol. The quantitative estimate of drug-likeness (QED) is 0.591. The number of benzene rings is 1. The maximum Gasteiger partial charge on any atom is 0.427 e. The molecular formula is C10H7F6O4S-. The first-order valence-corrected chi connectivity index (χ1v) is 6.50. The number of rotatable bonds is 6. The molecule has 1 aromatic rings. The second-order valence-corrected chi connectivity index (χ2v) is 5.26. The van der Waals surface area contributed by atoms with E-state index in [4.69, 9.17) is 0 Å². The first-order valence-electron chi connectivity index (χ1n) is 5.10. The standard InChI is InChI=1S/C10H8F6O4S/c11-8(12,10(15,16)21(17,18)19)9(13,14)20-6-7-4-2-1-3-5-7/h1-5H,6H2,(H,17,18,19)/p-1. The molecule has 4 nitrogen and oxygen atoms in total. The zero-order valence-electron chi connectivity index (χ0n) is 9.90. The number of halogens is 6. The number of hydrogen-bond donors (Lipinski definition) is 0. The molecule has 0 N–H and O–H groups in total. The molecule has 0 saturated heterocycles. The maximum absolute atomic E-state index is 13.1. The van der Waals surface area contributed by atoms with Crippen molar-refractivity contribution in [2.75, 3.05) is 0 Å². The smallest absolute Gasteiger partial charge is 0.427 e. The predicted octanol–water partition coefficient (Wildman–Crippen LogP) is 2.57. The minimum absolute atomic E-state index is 0.0544. The zero-order valence-corrected chi connectivity index (χ0v) is 10.7. The molecule has 0 radical (unpaired) electrons. The average Bonchev–Trinajstić information content (AvgIpc) is 2.36. The molecule has 0 atom stereocenters. The molecule has 0 aliphatic heterocycles. The highest BCUT2D eigenvalue weighted by Crippen LogP contribution is 2.48. The highest BCUT2D eigenvalue weighted by atomic mass is 32.2. The van der Waals surface area contributed by atoms with Crippen molar-refractivity contribution in [3.8, 4) is 0 Å². The van der Waals surface area contributed by atoms with Crippen LogP contribution in [0.15, 0.2) is 30.3 Å². The fraction of sp³-hybridized carbons (Fsp3) is 0.400. The van der Waals surface area contributed by atoms with Crippen LogP contribution < -0.4 is 0 Å². The van der Waals surface area contributed by atoms with E-state index in [9.17, 15) is 39.3 Å². The van der Waals surface area contributed by atoms with Crippen LogP contribution in [0.2, 0.25) is 0 Å². The van der Waals surface area contributed by atoms with Crippen LogP contribution in [0.3, 0.4) is 0 Å². The molecule has 0 aliphatic rings. The Bertz CT molecular complexity index is 587. The molecule has 0 heterocycles. The molecule has 11 heteroatoms.